The van der Waals surface area contributed by atoms with Gasteiger partial charge in [0, 0.05) is 44.0 Å². The fourth-order valence-corrected chi connectivity index (χ4v) is 5.29. The van der Waals surface area contributed by atoms with Crippen LogP contribution in [-0.4, -0.2) is 73.3 Å². The van der Waals surface area contributed by atoms with Gasteiger partial charge in [0.05, 0.1) is 33.6 Å². The smallest absolute Gasteiger partial charge is 0.253 e. The van der Waals surface area contributed by atoms with Crippen LogP contribution in [0, 0.1) is 0 Å². The maximum atomic E-state index is 13.5. The number of fused-ring (bicyclic) bond motifs is 1. The molecule has 0 aliphatic carbocycles. The van der Waals surface area contributed by atoms with Crippen molar-refractivity contribution in [1.82, 2.24) is 29.8 Å². The summed E-state index contributed by atoms with van der Waals surface area (Å²) in [6.07, 6.45) is 5.78. The average molecular weight is 520 g/mol. The van der Waals surface area contributed by atoms with Crippen LogP contribution in [0.15, 0.2) is 48.1 Å². The second-order valence-electron chi connectivity index (χ2n) is 10.4. The molecule has 194 valence electrons. The molecular formula is C27H33N7O2S. The Morgan fingerprint density at radius 2 is 2.11 bits per heavy atom. The Hall–Kier alpha value is -3.34. The molecule has 0 spiro atoms. The first-order chi connectivity index (χ1) is 17.7. The molecule has 0 aromatic carbocycles. The maximum absolute atomic E-state index is 13.5. The van der Waals surface area contributed by atoms with E-state index in [1.54, 1.807) is 52.9 Å². The van der Waals surface area contributed by atoms with Crippen LogP contribution in [-0.2, 0) is 0 Å². The SMILES string of the molecule is CC1CCC(CN(C)C(=O)c2cc(NCC(C)(C)O)nc(-c3cnn4ccc(-c5cccs5)nc34)c2)N1. The third kappa shape index (κ3) is 5.82. The summed E-state index contributed by atoms with van der Waals surface area (Å²) < 4.78 is 1.71. The summed E-state index contributed by atoms with van der Waals surface area (Å²) >= 11 is 1.63. The van der Waals surface area contributed by atoms with Crippen molar-refractivity contribution in [2.75, 3.05) is 25.5 Å². The quantitative estimate of drug-likeness (QED) is 0.324. The summed E-state index contributed by atoms with van der Waals surface area (Å²) in [5, 5.41) is 23.5. The van der Waals surface area contributed by atoms with Gasteiger partial charge in [-0.1, -0.05) is 6.07 Å². The molecule has 10 heteroatoms. The standard InChI is InChI=1S/C27H33N7O2S/c1-17-7-8-19(30-17)15-33(4)26(35)18-12-22(31-24(13-18)28-16-27(2,3)36)20-14-29-34-10-9-21(32-25(20)34)23-6-5-11-37-23/h5-6,9-14,17,19,30,36H,7-8,15-16H2,1-4H3,(H,28,31). The highest BCUT2D eigenvalue weighted by atomic mass is 32.1. The van der Waals surface area contributed by atoms with Crippen LogP contribution in [0.1, 0.15) is 44.0 Å². The van der Waals surface area contributed by atoms with Crippen molar-refractivity contribution in [3.63, 3.8) is 0 Å². The molecule has 1 fully saturated rings. The molecule has 0 saturated carbocycles. The molecule has 3 N–H and O–H groups in total. The van der Waals surface area contributed by atoms with E-state index >= 15 is 0 Å². The molecule has 1 saturated heterocycles. The van der Waals surface area contributed by atoms with E-state index in [0.29, 0.717) is 35.3 Å². The molecule has 4 aromatic rings. The summed E-state index contributed by atoms with van der Waals surface area (Å²) in [6.45, 7) is 6.54. The third-order valence-electron chi connectivity index (χ3n) is 6.50. The van der Waals surface area contributed by atoms with Gasteiger partial charge in [-0.05, 0) is 63.3 Å². The van der Waals surface area contributed by atoms with Gasteiger partial charge in [0.15, 0.2) is 5.65 Å². The molecule has 9 nitrogen and oxygen atoms in total. The molecule has 2 atom stereocenters. The summed E-state index contributed by atoms with van der Waals surface area (Å²) in [5.74, 6) is 0.428. The van der Waals surface area contributed by atoms with Gasteiger partial charge >= 0.3 is 0 Å². The molecule has 0 bridgehead atoms. The largest absolute Gasteiger partial charge is 0.389 e. The Morgan fingerprint density at radius 1 is 1.27 bits per heavy atom. The Bertz CT molecular complexity index is 1390. The van der Waals surface area contributed by atoms with Crippen molar-refractivity contribution in [3.05, 3.63) is 53.7 Å². The van der Waals surface area contributed by atoms with Gasteiger partial charge in [0.1, 0.15) is 5.82 Å². The number of carbonyl (C=O) groups is 1. The number of likely N-dealkylation sites (N-methyl/N-ethyl adjacent to an activating group) is 1. The van der Waals surface area contributed by atoms with E-state index in [9.17, 15) is 9.90 Å². The van der Waals surface area contributed by atoms with Gasteiger partial charge in [-0.15, -0.1) is 11.3 Å². The second-order valence-corrected chi connectivity index (χ2v) is 11.4. The van der Waals surface area contributed by atoms with Gasteiger partial charge < -0.3 is 20.6 Å². The molecule has 2 unspecified atom stereocenters. The van der Waals surface area contributed by atoms with E-state index < -0.39 is 5.60 Å². The van der Waals surface area contributed by atoms with Crippen molar-refractivity contribution in [3.8, 4) is 21.8 Å². The summed E-state index contributed by atoms with van der Waals surface area (Å²) in [7, 11) is 1.83. The third-order valence-corrected chi connectivity index (χ3v) is 7.39. The number of nitrogens with zero attached hydrogens (tertiary/aromatic N) is 5. The zero-order valence-corrected chi connectivity index (χ0v) is 22.4. The van der Waals surface area contributed by atoms with Crippen LogP contribution < -0.4 is 10.6 Å². The van der Waals surface area contributed by atoms with E-state index in [1.807, 2.05) is 36.8 Å². The van der Waals surface area contributed by atoms with Gasteiger partial charge in [-0.3, -0.25) is 4.79 Å². The topological polar surface area (TPSA) is 108 Å². The van der Waals surface area contributed by atoms with Crippen molar-refractivity contribution in [1.29, 1.82) is 0 Å². The lowest BCUT2D eigenvalue weighted by Gasteiger charge is -2.23. The Kier molecular flexibility index (Phi) is 6.98. The molecule has 5 rings (SSSR count). The molecular weight excluding hydrogens is 486 g/mol. The lowest BCUT2D eigenvalue weighted by atomic mass is 10.1. The summed E-state index contributed by atoms with van der Waals surface area (Å²) in [4.78, 5) is 26.0. The van der Waals surface area contributed by atoms with Crippen LogP contribution in [0.3, 0.4) is 0 Å². The highest BCUT2D eigenvalue weighted by Crippen LogP contribution is 2.29. The van der Waals surface area contributed by atoms with Crippen LogP contribution >= 0.6 is 11.3 Å². The minimum Gasteiger partial charge on any atom is -0.389 e. The molecule has 0 radical (unpaired) electrons. The number of pyridine rings is 1. The predicted octanol–water partition coefficient (Wildman–Crippen LogP) is 3.92. The van der Waals surface area contributed by atoms with Gasteiger partial charge in [-0.25, -0.2) is 14.5 Å². The maximum Gasteiger partial charge on any atom is 0.253 e. The predicted molar refractivity (Wildman–Crippen MR) is 147 cm³/mol. The normalized spacial score (nSPS) is 17.9. The Labute approximate surface area is 220 Å². The fourth-order valence-electron chi connectivity index (χ4n) is 4.60. The number of carbonyl (C=O) groups excluding carboxylic acids is 1. The first kappa shape index (κ1) is 25.3. The van der Waals surface area contributed by atoms with E-state index in [0.717, 1.165) is 29.0 Å². The van der Waals surface area contributed by atoms with E-state index in [-0.39, 0.29) is 18.5 Å². The van der Waals surface area contributed by atoms with E-state index in [1.165, 1.54) is 0 Å². The highest BCUT2D eigenvalue weighted by molar-refractivity contribution is 7.13. The Balaban J connectivity index is 1.51. The molecule has 1 aliphatic heterocycles. The van der Waals surface area contributed by atoms with Crippen LogP contribution in [0.4, 0.5) is 5.82 Å². The fraction of sp³-hybridized carbons (Fsp3) is 0.407. The minimum atomic E-state index is -0.939. The number of nitrogens with one attached hydrogen (secondary N) is 2. The van der Waals surface area contributed by atoms with E-state index in [4.69, 9.17) is 9.97 Å². The van der Waals surface area contributed by atoms with Gasteiger partial charge in [-0.2, -0.15) is 5.10 Å². The lowest BCUT2D eigenvalue weighted by Crippen LogP contribution is -2.40. The number of anilines is 1. The molecule has 5 heterocycles. The number of aliphatic hydroxyl groups is 1. The monoisotopic (exact) mass is 519 g/mol. The number of amides is 1. The van der Waals surface area contributed by atoms with Crippen molar-refractivity contribution in [2.45, 2.75) is 51.3 Å². The number of rotatable bonds is 8. The zero-order chi connectivity index (χ0) is 26.2. The average Bonchev–Trinajstić information content (AvgIpc) is 3.62. The molecule has 1 aliphatic rings. The lowest BCUT2D eigenvalue weighted by molar-refractivity contribution is 0.0783. The summed E-state index contributed by atoms with van der Waals surface area (Å²) in [5.41, 5.74) is 2.42. The zero-order valence-electron chi connectivity index (χ0n) is 21.6. The Morgan fingerprint density at radius 3 is 2.81 bits per heavy atom. The number of hydrogen-bond acceptors (Lipinski definition) is 8. The van der Waals surface area contributed by atoms with E-state index in [2.05, 4.69) is 22.7 Å². The number of hydrogen-bond donors (Lipinski definition) is 3. The summed E-state index contributed by atoms with van der Waals surface area (Å²) in [6, 6.07) is 10.3. The minimum absolute atomic E-state index is 0.0833. The van der Waals surface area contributed by atoms with Gasteiger partial charge in [0.25, 0.3) is 5.91 Å². The second kappa shape index (κ2) is 10.2. The highest BCUT2D eigenvalue weighted by Gasteiger charge is 2.25. The molecule has 4 aromatic heterocycles. The molecule has 37 heavy (non-hydrogen) atoms. The first-order valence-electron chi connectivity index (χ1n) is 12.5. The van der Waals surface area contributed by atoms with Crippen molar-refractivity contribution in [2.24, 2.45) is 0 Å². The van der Waals surface area contributed by atoms with Crippen LogP contribution in [0.5, 0.6) is 0 Å². The van der Waals surface area contributed by atoms with Crippen molar-refractivity contribution >= 4 is 28.7 Å². The number of aromatic nitrogens is 4. The first-order valence-corrected chi connectivity index (χ1v) is 13.4. The number of thiophene rings is 1. The van der Waals surface area contributed by atoms with Crippen molar-refractivity contribution < 1.29 is 9.90 Å². The molecule has 1 amide bonds. The van der Waals surface area contributed by atoms with Crippen LogP contribution in [0.25, 0.3) is 27.5 Å². The van der Waals surface area contributed by atoms with Gasteiger partial charge in [0.2, 0.25) is 0 Å². The van der Waals surface area contributed by atoms with Crippen LogP contribution in [0.2, 0.25) is 0 Å².